The van der Waals surface area contributed by atoms with Crippen molar-refractivity contribution >= 4 is 41.1 Å². The average molecular weight is 689 g/mol. The van der Waals surface area contributed by atoms with Crippen molar-refractivity contribution < 1.29 is 18.4 Å². The molecule has 0 fully saturated rings. The van der Waals surface area contributed by atoms with Crippen LogP contribution in [0.5, 0.6) is 0 Å². The molecule has 4 nitrogen and oxygen atoms in total. The summed E-state index contributed by atoms with van der Waals surface area (Å²) in [6, 6.07) is 21.0. The molecule has 0 amide bonds. The Balaban J connectivity index is 2.31. The van der Waals surface area contributed by atoms with Crippen LogP contribution < -0.4 is 10.4 Å². The minimum Gasteiger partial charge on any atom is -0.456 e. The zero-order valence-corrected chi connectivity index (χ0v) is 34.2. The summed E-state index contributed by atoms with van der Waals surface area (Å²) in [6.45, 7) is 30.9. The van der Waals surface area contributed by atoms with E-state index in [4.69, 9.17) is 13.6 Å². The van der Waals surface area contributed by atoms with Crippen LogP contribution in [-0.2, 0) is 18.4 Å². The van der Waals surface area contributed by atoms with Crippen molar-refractivity contribution in [1.82, 2.24) is 0 Å². The third kappa shape index (κ3) is 12.3. The van der Waals surface area contributed by atoms with Gasteiger partial charge in [0.1, 0.15) is 14.2 Å². The fraction of sp³-hybridized carbons (Fsp3) is 0.475. The molecule has 2 unspecified atom stereocenters. The van der Waals surface area contributed by atoms with Crippen LogP contribution in [0, 0.1) is 11.5 Å². The van der Waals surface area contributed by atoms with Gasteiger partial charge in [0.25, 0.3) is 8.32 Å². The van der Waals surface area contributed by atoms with Crippen LogP contribution in [0.1, 0.15) is 61.3 Å². The lowest BCUT2D eigenvalue weighted by atomic mass is 10.1. The van der Waals surface area contributed by atoms with Gasteiger partial charge in [-0.05, 0) is 46.9 Å². The van der Waals surface area contributed by atoms with Crippen molar-refractivity contribution in [3.63, 3.8) is 0 Å². The van der Waals surface area contributed by atoms with Crippen LogP contribution >= 0.6 is 0 Å². The SMILES string of the molecule is C=CC(C/C(C)=C/C=C/C(=O)OC(CC#C[Si](C)(C)C)CO[Si](c1ccccc1)(c1ccccc1)C(C)(C)C)O[Si](C)(C)C(C)(C)C. The summed E-state index contributed by atoms with van der Waals surface area (Å²) in [5, 5.41) is 2.31. The van der Waals surface area contributed by atoms with Gasteiger partial charge in [0.2, 0.25) is 0 Å². The normalized spacial score (nSPS) is 14.7. The van der Waals surface area contributed by atoms with E-state index in [0.29, 0.717) is 6.42 Å². The van der Waals surface area contributed by atoms with Crippen LogP contribution in [0.2, 0.25) is 42.8 Å². The second-order valence-electron chi connectivity index (χ2n) is 16.0. The van der Waals surface area contributed by atoms with Gasteiger partial charge in [0, 0.05) is 12.5 Å². The molecule has 0 aliphatic carbocycles. The number of hydrogen-bond donors (Lipinski definition) is 0. The summed E-state index contributed by atoms with van der Waals surface area (Å²) in [4.78, 5) is 13.2. The van der Waals surface area contributed by atoms with Crippen LogP contribution in [0.4, 0.5) is 0 Å². The van der Waals surface area contributed by atoms with E-state index in [0.717, 1.165) is 12.0 Å². The van der Waals surface area contributed by atoms with Crippen molar-refractivity contribution in [2.45, 2.75) is 116 Å². The highest BCUT2D eigenvalue weighted by atomic mass is 28.4. The van der Waals surface area contributed by atoms with Crippen LogP contribution in [0.25, 0.3) is 0 Å². The van der Waals surface area contributed by atoms with Gasteiger partial charge in [-0.3, -0.25) is 0 Å². The van der Waals surface area contributed by atoms with E-state index in [1.807, 2.05) is 31.2 Å². The molecule has 0 saturated carbocycles. The Bertz CT molecular complexity index is 1370. The molecule has 7 heteroatoms. The highest BCUT2D eigenvalue weighted by Gasteiger charge is 2.50. The molecule has 47 heavy (non-hydrogen) atoms. The number of hydrogen-bond acceptors (Lipinski definition) is 4. The molecule has 2 rings (SSSR count). The van der Waals surface area contributed by atoms with Gasteiger partial charge in [-0.2, -0.15) is 0 Å². The summed E-state index contributed by atoms with van der Waals surface area (Å²) < 4.78 is 19.7. The zero-order valence-electron chi connectivity index (χ0n) is 31.2. The van der Waals surface area contributed by atoms with Gasteiger partial charge in [0.15, 0.2) is 8.32 Å². The first-order valence-electron chi connectivity index (χ1n) is 16.8. The molecule has 0 N–H and O–H groups in total. The van der Waals surface area contributed by atoms with E-state index < -0.39 is 36.8 Å². The highest BCUT2D eigenvalue weighted by Crippen LogP contribution is 2.38. The molecule has 2 atom stereocenters. The van der Waals surface area contributed by atoms with E-state index >= 15 is 0 Å². The predicted octanol–water partition coefficient (Wildman–Crippen LogP) is 9.21. The van der Waals surface area contributed by atoms with Gasteiger partial charge < -0.3 is 13.6 Å². The number of allylic oxidation sites excluding steroid dienone is 2. The lowest BCUT2D eigenvalue weighted by molar-refractivity contribution is -0.144. The van der Waals surface area contributed by atoms with Crippen molar-refractivity contribution in [1.29, 1.82) is 0 Å². The molecule has 0 saturated heterocycles. The van der Waals surface area contributed by atoms with Crippen molar-refractivity contribution in [3.05, 3.63) is 97.1 Å². The van der Waals surface area contributed by atoms with Gasteiger partial charge in [-0.15, -0.1) is 18.0 Å². The first-order valence-corrected chi connectivity index (χ1v) is 25.1. The maximum atomic E-state index is 13.2. The standard InChI is InChI=1S/C40H60O4Si3/c1-14-34(44-46(12,13)39(3,4)5)31-33(2)23-21-29-38(41)43-35(24-22-30-45(9,10)11)32-42-47(40(6,7)8,36-25-17-15-18-26-36)37-27-19-16-20-28-37/h14-21,23,25-29,34-35H,1,24,31-32H2,2-13H3/b29-21+,33-23+. The van der Waals surface area contributed by atoms with E-state index in [-0.39, 0.29) is 22.8 Å². The second kappa shape index (κ2) is 17.1. The largest absolute Gasteiger partial charge is 0.456 e. The topological polar surface area (TPSA) is 44.8 Å². The van der Waals surface area contributed by atoms with E-state index in [1.165, 1.54) is 16.4 Å². The van der Waals surface area contributed by atoms with Gasteiger partial charge in [-0.1, -0.05) is 146 Å². The molecule has 0 spiro atoms. The quantitative estimate of drug-likeness (QED) is 0.0496. The summed E-state index contributed by atoms with van der Waals surface area (Å²) in [6.07, 6.45) is 7.64. The molecular formula is C40H60O4Si3. The molecule has 256 valence electrons. The second-order valence-corrected chi connectivity index (χ2v) is 29.8. The Kier molecular flexibility index (Phi) is 14.7. The summed E-state index contributed by atoms with van der Waals surface area (Å²) in [5.41, 5.74) is 4.53. The number of esters is 1. The summed E-state index contributed by atoms with van der Waals surface area (Å²) in [5.74, 6) is 2.93. The maximum absolute atomic E-state index is 13.2. The lowest BCUT2D eigenvalue weighted by Crippen LogP contribution is -2.67. The first-order chi connectivity index (χ1) is 21.7. The Labute approximate surface area is 290 Å². The van der Waals surface area contributed by atoms with Crippen LogP contribution in [-0.4, -0.2) is 49.5 Å². The van der Waals surface area contributed by atoms with Crippen molar-refractivity contribution in [3.8, 4) is 11.5 Å². The fourth-order valence-electron chi connectivity index (χ4n) is 5.15. The molecule has 0 bridgehead atoms. The fourth-order valence-corrected chi connectivity index (χ4v) is 11.7. The third-order valence-corrected chi connectivity index (χ3v) is 19.1. The monoisotopic (exact) mass is 688 g/mol. The number of rotatable bonds is 14. The summed E-state index contributed by atoms with van der Waals surface area (Å²) in [7, 11) is -6.34. The molecule has 0 aliphatic rings. The van der Waals surface area contributed by atoms with E-state index in [9.17, 15) is 4.79 Å². The predicted molar refractivity (Wildman–Crippen MR) is 209 cm³/mol. The average Bonchev–Trinajstić information content (AvgIpc) is 2.96. The Hall–Kier alpha value is -2.74. The number of carbonyl (C=O) groups excluding carboxylic acids is 1. The Morgan fingerprint density at radius 2 is 1.40 bits per heavy atom. The highest BCUT2D eigenvalue weighted by molar-refractivity contribution is 6.99. The molecule has 0 aromatic heterocycles. The molecule has 0 heterocycles. The Morgan fingerprint density at radius 3 is 1.85 bits per heavy atom. The number of benzene rings is 2. The molecule has 2 aromatic rings. The van der Waals surface area contributed by atoms with E-state index in [1.54, 1.807) is 6.08 Å². The third-order valence-electron chi connectivity index (χ3n) is 8.63. The molecule has 0 aliphatic heterocycles. The van der Waals surface area contributed by atoms with Crippen molar-refractivity contribution in [2.24, 2.45) is 0 Å². The van der Waals surface area contributed by atoms with Gasteiger partial charge in [-0.25, -0.2) is 4.79 Å². The zero-order chi connectivity index (χ0) is 35.5. The lowest BCUT2D eigenvalue weighted by Gasteiger charge is -2.43. The van der Waals surface area contributed by atoms with Crippen LogP contribution in [0.15, 0.2) is 97.1 Å². The number of carbonyl (C=O) groups is 1. The smallest absolute Gasteiger partial charge is 0.331 e. The van der Waals surface area contributed by atoms with Crippen molar-refractivity contribution in [2.75, 3.05) is 6.61 Å². The number of ether oxygens (including phenoxy) is 1. The minimum atomic E-state index is -2.80. The first kappa shape index (κ1) is 40.4. The minimum absolute atomic E-state index is 0.0690. The summed E-state index contributed by atoms with van der Waals surface area (Å²) >= 11 is 0. The van der Waals surface area contributed by atoms with Gasteiger partial charge >= 0.3 is 5.97 Å². The van der Waals surface area contributed by atoms with Gasteiger partial charge in [0.05, 0.1) is 12.7 Å². The van der Waals surface area contributed by atoms with E-state index in [2.05, 4.69) is 141 Å². The Morgan fingerprint density at radius 1 is 0.872 bits per heavy atom. The molecule has 0 radical (unpaired) electrons. The molecule has 2 aromatic carbocycles. The molecular weight excluding hydrogens is 629 g/mol. The maximum Gasteiger partial charge on any atom is 0.331 e. The van der Waals surface area contributed by atoms with Crippen LogP contribution in [0.3, 0.4) is 0 Å².